The Labute approximate surface area is 83.6 Å². The zero-order chi connectivity index (χ0) is 10.3. The number of nitrogens with zero attached hydrogens (tertiary/aromatic N) is 1. The lowest BCUT2D eigenvalue weighted by atomic mass is 9.85. The lowest BCUT2D eigenvalue weighted by molar-refractivity contribution is -0.122. The summed E-state index contributed by atoms with van der Waals surface area (Å²) in [5.74, 6) is 1.01. The zero-order valence-electron chi connectivity index (χ0n) is 8.62. The molecule has 0 aromatic heterocycles. The molecule has 2 heterocycles. The van der Waals surface area contributed by atoms with Gasteiger partial charge in [-0.25, -0.2) is 4.79 Å². The molecule has 2 fully saturated rings. The Morgan fingerprint density at radius 3 is 2.71 bits per heavy atom. The number of fused-ring (bicyclic) bond motifs is 1. The number of hydrogen-bond acceptors (Lipinski definition) is 2. The minimum atomic E-state index is -0.203. The van der Waals surface area contributed by atoms with Gasteiger partial charge in [-0.15, -0.1) is 0 Å². The van der Waals surface area contributed by atoms with Gasteiger partial charge in [0.1, 0.15) is 6.04 Å². The van der Waals surface area contributed by atoms with Crippen LogP contribution in [-0.4, -0.2) is 29.4 Å². The number of urea groups is 1. The van der Waals surface area contributed by atoms with Crippen LogP contribution in [0.3, 0.4) is 0 Å². The molecule has 2 saturated heterocycles. The summed E-state index contributed by atoms with van der Waals surface area (Å²) in [6.45, 7) is 5.07. The highest BCUT2D eigenvalue weighted by Gasteiger charge is 2.42. The van der Waals surface area contributed by atoms with E-state index in [-0.39, 0.29) is 18.0 Å². The van der Waals surface area contributed by atoms with E-state index in [4.69, 9.17) is 0 Å². The first-order chi connectivity index (χ1) is 6.59. The third-order valence-electron chi connectivity index (χ3n) is 3.35. The van der Waals surface area contributed by atoms with Crippen LogP contribution in [0, 0.1) is 11.8 Å². The first-order valence-corrected chi connectivity index (χ1v) is 5.21. The Hall–Kier alpha value is -1.06. The average molecular weight is 196 g/mol. The molecule has 0 radical (unpaired) electrons. The summed E-state index contributed by atoms with van der Waals surface area (Å²) in [7, 11) is 0. The third-order valence-corrected chi connectivity index (χ3v) is 3.35. The van der Waals surface area contributed by atoms with Crippen LogP contribution in [0.1, 0.15) is 26.7 Å². The van der Waals surface area contributed by atoms with Crippen molar-refractivity contribution in [3.8, 4) is 0 Å². The fourth-order valence-electron chi connectivity index (χ4n) is 2.30. The molecule has 2 rings (SSSR count). The van der Waals surface area contributed by atoms with Crippen molar-refractivity contribution in [1.82, 2.24) is 10.2 Å². The molecule has 0 spiro atoms. The quantitative estimate of drug-likeness (QED) is 0.635. The van der Waals surface area contributed by atoms with Crippen LogP contribution in [0.5, 0.6) is 0 Å². The fraction of sp³-hybridized carbons (Fsp3) is 0.800. The molecule has 0 bridgehead atoms. The molecule has 0 aromatic carbocycles. The Morgan fingerprint density at radius 2 is 2.07 bits per heavy atom. The van der Waals surface area contributed by atoms with E-state index in [1.54, 1.807) is 4.90 Å². The second-order valence-corrected chi connectivity index (χ2v) is 4.54. The predicted octanol–water partition coefficient (Wildman–Crippen LogP) is 0.973. The largest absolute Gasteiger partial charge is 0.324 e. The summed E-state index contributed by atoms with van der Waals surface area (Å²) < 4.78 is 0. The van der Waals surface area contributed by atoms with Gasteiger partial charge in [0.2, 0.25) is 0 Å². The zero-order valence-corrected chi connectivity index (χ0v) is 8.62. The highest BCUT2D eigenvalue weighted by molar-refractivity contribution is 6.04. The van der Waals surface area contributed by atoms with E-state index in [0.717, 1.165) is 19.4 Å². The molecule has 2 aliphatic heterocycles. The highest BCUT2D eigenvalue weighted by Crippen LogP contribution is 2.29. The maximum Gasteiger partial charge on any atom is 0.324 e. The van der Waals surface area contributed by atoms with Gasteiger partial charge in [0.05, 0.1) is 0 Å². The molecule has 78 valence electrons. The number of piperidine rings is 1. The molecule has 3 amide bonds. The van der Waals surface area contributed by atoms with E-state index in [0.29, 0.717) is 11.8 Å². The van der Waals surface area contributed by atoms with Crippen LogP contribution in [-0.2, 0) is 4.79 Å². The first-order valence-electron chi connectivity index (χ1n) is 5.21. The molecule has 0 saturated carbocycles. The van der Waals surface area contributed by atoms with Crippen LogP contribution in [0.4, 0.5) is 4.79 Å². The van der Waals surface area contributed by atoms with Crippen LogP contribution in [0.25, 0.3) is 0 Å². The van der Waals surface area contributed by atoms with Gasteiger partial charge in [-0.3, -0.25) is 10.1 Å². The minimum Gasteiger partial charge on any atom is -0.312 e. The number of carbonyl (C=O) groups is 2. The number of hydrogen-bond donors (Lipinski definition) is 1. The second kappa shape index (κ2) is 3.26. The Morgan fingerprint density at radius 1 is 1.36 bits per heavy atom. The van der Waals surface area contributed by atoms with E-state index >= 15 is 0 Å². The molecular weight excluding hydrogens is 180 g/mol. The van der Waals surface area contributed by atoms with Gasteiger partial charge in [0.25, 0.3) is 5.91 Å². The van der Waals surface area contributed by atoms with E-state index in [1.807, 2.05) is 0 Å². The standard InChI is InChI=1S/C10H16N2O2/c1-6(2)7-3-4-8-9(13)11-10(14)12(8)5-7/h6-8H,3-5H2,1-2H3,(H,11,13,14)/t7-,8+/m0/s1. The summed E-state index contributed by atoms with van der Waals surface area (Å²) in [5, 5.41) is 2.37. The molecular formula is C10H16N2O2. The number of carbonyl (C=O) groups excluding carboxylic acids is 2. The number of amides is 3. The fourth-order valence-corrected chi connectivity index (χ4v) is 2.30. The average Bonchev–Trinajstić information content (AvgIpc) is 2.42. The number of imide groups is 1. The highest BCUT2D eigenvalue weighted by atomic mass is 16.2. The van der Waals surface area contributed by atoms with Crippen molar-refractivity contribution in [3.05, 3.63) is 0 Å². The lowest BCUT2D eigenvalue weighted by Crippen LogP contribution is -2.44. The van der Waals surface area contributed by atoms with E-state index in [1.165, 1.54) is 0 Å². The molecule has 1 N–H and O–H groups in total. The smallest absolute Gasteiger partial charge is 0.312 e. The Kier molecular flexibility index (Phi) is 2.21. The topological polar surface area (TPSA) is 49.4 Å². The molecule has 2 aliphatic rings. The Balaban J connectivity index is 2.09. The predicted molar refractivity (Wildman–Crippen MR) is 51.6 cm³/mol. The van der Waals surface area contributed by atoms with Gasteiger partial charge in [-0.1, -0.05) is 13.8 Å². The van der Waals surface area contributed by atoms with Gasteiger partial charge in [0, 0.05) is 6.54 Å². The summed E-state index contributed by atoms with van der Waals surface area (Å²) >= 11 is 0. The van der Waals surface area contributed by atoms with Gasteiger partial charge >= 0.3 is 6.03 Å². The van der Waals surface area contributed by atoms with E-state index in [9.17, 15) is 9.59 Å². The summed E-state index contributed by atoms with van der Waals surface area (Å²) in [5.41, 5.74) is 0. The van der Waals surface area contributed by atoms with Crippen LogP contribution >= 0.6 is 0 Å². The monoisotopic (exact) mass is 196 g/mol. The maximum atomic E-state index is 11.4. The molecule has 0 aromatic rings. The van der Waals surface area contributed by atoms with Gasteiger partial charge in [0.15, 0.2) is 0 Å². The maximum absolute atomic E-state index is 11.4. The number of nitrogens with one attached hydrogen (secondary N) is 1. The first kappa shape index (κ1) is 9.49. The SMILES string of the molecule is CC(C)[C@H]1CC[C@@H]2C(=O)NC(=O)N2C1. The van der Waals surface area contributed by atoms with E-state index in [2.05, 4.69) is 19.2 Å². The van der Waals surface area contributed by atoms with Crippen LogP contribution in [0.15, 0.2) is 0 Å². The van der Waals surface area contributed by atoms with Crippen molar-refractivity contribution < 1.29 is 9.59 Å². The lowest BCUT2D eigenvalue weighted by Gasteiger charge is -2.34. The molecule has 0 unspecified atom stereocenters. The van der Waals surface area contributed by atoms with Gasteiger partial charge < -0.3 is 4.90 Å². The van der Waals surface area contributed by atoms with Crippen LogP contribution < -0.4 is 5.32 Å². The minimum absolute atomic E-state index is 0.114. The van der Waals surface area contributed by atoms with Crippen molar-refractivity contribution in [3.63, 3.8) is 0 Å². The molecule has 14 heavy (non-hydrogen) atoms. The summed E-state index contributed by atoms with van der Waals surface area (Å²) in [6, 6.07) is -0.386. The second-order valence-electron chi connectivity index (χ2n) is 4.54. The molecule has 4 heteroatoms. The summed E-state index contributed by atoms with van der Waals surface area (Å²) in [4.78, 5) is 24.4. The van der Waals surface area contributed by atoms with Crippen molar-refractivity contribution in [2.75, 3.05) is 6.54 Å². The molecule has 2 atom stereocenters. The van der Waals surface area contributed by atoms with E-state index < -0.39 is 0 Å². The molecule has 0 aliphatic carbocycles. The normalized spacial score (nSPS) is 32.1. The van der Waals surface area contributed by atoms with Crippen molar-refractivity contribution in [2.24, 2.45) is 11.8 Å². The van der Waals surface area contributed by atoms with Crippen LogP contribution in [0.2, 0.25) is 0 Å². The number of rotatable bonds is 1. The van der Waals surface area contributed by atoms with Gasteiger partial charge in [-0.05, 0) is 24.7 Å². The van der Waals surface area contributed by atoms with Gasteiger partial charge in [-0.2, -0.15) is 0 Å². The van der Waals surface area contributed by atoms with Crippen molar-refractivity contribution >= 4 is 11.9 Å². The molecule has 4 nitrogen and oxygen atoms in total. The van der Waals surface area contributed by atoms with Crippen molar-refractivity contribution in [2.45, 2.75) is 32.7 Å². The Bertz CT molecular complexity index is 275. The summed E-state index contributed by atoms with van der Waals surface area (Å²) in [6.07, 6.45) is 1.87. The third kappa shape index (κ3) is 1.38. The van der Waals surface area contributed by atoms with Crippen molar-refractivity contribution in [1.29, 1.82) is 0 Å².